The van der Waals surface area contributed by atoms with E-state index in [0.717, 1.165) is 38.8 Å². The summed E-state index contributed by atoms with van der Waals surface area (Å²) in [5, 5.41) is 13.1. The molecule has 2 N–H and O–H groups in total. The summed E-state index contributed by atoms with van der Waals surface area (Å²) in [6.45, 7) is 8.08. The minimum absolute atomic E-state index is 0.460. The van der Waals surface area contributed by atoms with Crippen molar-refractivity contribution in [2.24, 2.45) is 0 Å². The van der Waals surface area contributed by atoms with E-state index in [1.54, 1.807) is 0 Å². The largest absolute Gasteiger partial charge is 0.390 e. The summed E-state index contributed by atoms with van der Waals surface area (Å²) in [5.74, 6) is 0. The summed E-state index contributed by atoms with van der Waals surface area (Å²) in [4.78, 5) is 0. The van der Waals surface area contributed by atoms with Crippen LogP contribution in [0.25, 0.3) is 0 Å². The zero-order chi connectivity index (χ0) is 9.45. The maximum Gasteiger partial charge on any atom is 0.0631 e. The second kappa shape index (κ2) is 6.44. The molecule has 2 nitrogen and oxygen atoms in total. The molecule has 0 aromatic rings. The topological polar surface area (TPSA) is 32.3 Å². The number of unbranched alkanes of at least 4 members (excludes halogenated alkanes) is 1. The Kier molecular flexibility index (Phi) is 6.39. The van der Waals surface area contributed by atoms with E-state index in [-0.39, 0.29) is 0 Å². The smallest absolute Gasteiger partial charge is 0.0631 e. The minimum atomic E-state index is -0.460. The van der Waals surface area contributed by atoms with Gasteiger partial charge in [-0.3, -0.25) is 0 Å². The number of aliphatic hydroxyl groups is 1. The molecular formula is C10H23NO. The summed E-state index contributed by atoms with van der Waals surface area (Å²) in [6.07, 6.45) is 4.08. The first-order chi connectivity index (χ1) is 5.62. The quantitative estimate of drug-likeness (QED) is 0.577. The Hall–Kier alpha value is -0.0800. The molecule has 0 bridgehead atoms. The molecule has 0 saturated heterocycles. The van der Waals surface area contributed by atoms with E-state index >= 15 is 0 Å². The number of hydrogen-bond donors (Lipinski definition) is 2. The summed E-state index contributed by atoms with van der Waals surface area (Å²) in [5.41, 5.74) is -0.460. The van der Waals surface area contributed by atoms with Crippen molar-refractivity contribution in [3.8, 4) is 0 Å². The summed E-state index contributed by atoms with van der Waals surface area (Å²) in [7, 11) is 0. The first-order valence-electron chi connectivity index (χ1n) is 5.05. The molecule has 0 rings (SSSR count). The Labute approximate surface area is 76.4 Å². The van der Waals surface area contributed by atoms with Crippen molar-refractivity contribution in [1.29, 1.82) is 0 Å². The van der Waals surface area contributed by atoms with Crippen molar-refractivity contribution < 1.29 is 5.11 Å². The van der Waals surface area contributed by atoms with Gasteiger partial charge in [0.25, 0.3) is 0 Å². The van der Waals surface area contributed by atoms with Gasteiger partial charge in [0.2, 0.25) is 0 Å². The van der Waals surface area contributed by atoms with Crippen molar-refractivity contribution >= 4 is 0 Å². The highest BCUT2D eigenvalue weighted by Crippen LogP contribution is 2.16. The maximum atomic E-state index is 9.83. The molecule has 0 amide bonds. The molecule has 0 saturated carbocycles. The summed E-state index contributed by atoms with van der Waals surface area (Å²) >= 11 is 0. The van der Waals surface area contributed by atoms with Gasteiger partial charge in [-0.15, -0.1) is 0 Å². The van der Waals surface area contributed by atoms with Crippen molar-refractivity contribution in [2.75, 3.05) is 13.1 Å². The highest BCUT2D eigenvalue weighted by Gasteiger charge is 2.18. The van der Waals surface area contributed by atoms with Crippen molar-refractivity contribution in [1.82, 2.24) is 5.32 Å². The van der Waals surface area contributed by atoms with Crippen LogP contribution in [0.5, 0.6) is 0 Å². The predicted octanol–water partition coefficient (Wildman–Crippen LogP) is 1.93. The van der Waals surface area contributed by atoms with Gasteiger partial charge in [0.15, 0.2) is 0 Å². The van der Waals surface area contributed by atoms with E-state index < -0.39 is 5.60 Å². The van der Waals surface area contributed by atoms with E-state index in [4.69, 9.17) is 0 Å². The van der Waals surface area contributed by atoms with Crippen LogP contribution in [0.4, 0.5) is 0 Å². The van der Waals surface area contributed by atoms with Crippen molar-refractivity contribution in [3.05, 3.63) is 0 Å². The zero-order valence-corrected chi connectivity index (χ0v) is 8.69. The summed E-state index contributed by atoms with van der Waals surface area (Å²) in [6, 6.07) is 0. The molecule has 0 fully saturated rings. The van der Waals surface area contributed by atoms with Crippen LogP contribution in [0.3, 0.4) is 0 Å². The molecule has 0 aromatic heterocycles. The van der Waals surface area contributed by atoms with E-state index in [1.807, 2.05) is 6.92 Å². The summed E-state index contributed by atoms with van der Waals surface area (Å²) < 4.78 is 0. The fourth-order valence-corrected chi connectivity index (χ4v) is 1.22. The highest BCUT2D eigenvalue weighted by molar-refractivity contribution is 4.72. The average Bonchev–Trinajstić information content (AvgIpc) is 2.01. The Morgan fingerprint density at radius 2 is 1.92 bits per heavy atom. The molecule has 0 aliphatic rings. The third kappa shape index (κ3) is 6.62. The van der Waals surface area contributed by atoms with Crippen LogP contribution in [0.2, 0.25) is 0 Å². The Morgan fingerprint density at radius 3 is 2.42 bits per heavy atom. The van der Waals surface area contributed by atoms with Gasteiger partial charge >= 0.3 is 0 Å². The van der Waals surface area contributed by atoms with Gasteiger partial charge in [0.05, 0.1) is 5.60 Å². The fraction of sp³-hybridized carbons (Fsp3) is 1.00. The standard InChI is InChI=1S/C10H23NO/c1-4-6-7-10(3,12)8-9-11-5-2/h11-12H,4-9H2,1-3H3. The molecule has 1 atom stereocenters. The van der Waals surface area contributed by atoms with E-state index in [9.17, 15) is 5.11 Å². The SMILES string of the molecule is CCCCC(C)(O)CCNCC. The molecule has 12 heavy (non-hydrogen) atoms. The third-order valence-electron chi connectivity index (χ3n) is 2.16. The third-order valence-corrected chi connectivity index (χ3v) is 2.16. The maximum absolute atomic E-state index is 9.83. The van der Waals surface area contributed by atoms with Crippen molar-refractivity contribution in [2.45, 2.75) is 52.1 Å². The van der Waals surface area contributed by atoms with Gasteiger partial charge in [-0.2, -0.15) is 0 Å². The number of hydrogen-bond acceptors (Lipinski definition) is 2. The first-order valence-corrected chi connectivity index (χ1v) is 5.05. The molecule has 0 heterocycles. The van der Waals surface area contributed by atoms with Gasteiger partial charge < -0.3 is 10.4 Å². The second-order valence-corrected chi connectivity index (χ2v) is 3.70. The van der Waals surface area contributed by atoms with Crippen molar-refractivity contribution in [3.63, 3.8) is 0 Å². The predicted molar refractivity (Wildman–Crippen MR) is 53.3 cm³/mol. The van der Waals surface area contributed by atoms with E-state index in [2.05, 4.69) is 19.2 Å². The lowest BCUT2D eigenvalue weighted by atomic mass is 9.95. The van der Waals surface area contributed by atoms with E-state index in [1.165, 1.54) is 0 Å². The number of nitrogens with one attached hydrogen (secondary N) is 1. The Morgan fingerprint density at radius 1 is 1.25 bits per heavy atom. The van der Waals surface area contributed by atoms with Crippen LogP contribution in [0, 0.1) is 0 Å². The highest BCUT2D eigenvalue weighted by atomic mass is 16.3. The van der Waals surface area contributed by atoms with Crippen LogP contribution in [-0.4, -0.2) is 23.8 Å². The first kappa shape index (κ1) is 11.9. The molecule has 0 spiro atoms. The van der Waals surface area contributed by atoms with Crippen LogP contribution < -0.4 is 5.32 Å². The van der Waals surface area contributed by atoms with Crippen LogP contribution in [0.15, 0.2) is 0 Å². The normalized spacial score (nSPS) is 16.0. The van der Waals surface area contributed by atoms with Crippen LogP contribution in [0.1, 0.15) is 46.5 Å². The van der Waals surface area contributed by atoms with Crippen LogP contribution >= 0.6 is 0 Å². The van der Waals surface area contributed by atoms with E-state index in [0.29, 0.717) is 0 Å². The zero-order valence-electron chi connectivity index (χ0n) is 8.69. The lowest BCUT2D eigenvalue weighted by Crippen LogP contribution is -2.29. The lowest BCUT2D eigenvalue weighted by molar-refractivity contribution is 0.0402. The molecule has 0 aliphatic carbocycles. The molecule has 74 valence electrons. The molecule has 0 aliphatic heterocycles. The monoisotopic (exact) mass is 173 g/mol. The molecule has 2 heteroatoms. The Balaban J connectivity index is 3.42. The van der Waals surface area contributed by atoms with Gasteiger partial charge in [-0.1, -0.05) is 26.7 Å². The number of rotatable bonds is 7. The van der Waals surface area contributed by atoms with Gasteiger partial charge in [-0.25, -0.2) is 0 Å². The molecule has 0 aromatic carbocycles. The van der Waals surface area contributed by atoms with Gasteiger partial charge in [0, 0.05) is 0 Å². The molecular weight excluding hydrogens is 150 g/mol. The molecule has 1 unspecified atom stereocenters. The Bertz CT molecular complexity index is 102. The second-order valence-electron chi connectivity index (χ2n) is 3.70. The minimum Gasteiger partial charge on any atom is -0.390 e. The molecule has 0 radical (unpaired) electrons. The van der Waals surface area contributed by atoms with Gasteiger partial charge in [-0.05, 0) is 32.9 Å². The lowest BCUT2D eigenvalue weighted by Gasteiger charge is -2.22. The van der Waals surface area contributed by atoms with Gasteiger partial charge in [0.1, 0.15) is 0 Å². The average molecular weight is 173 g/mol. The fourth-order valence-electron chi connectivity index (χ4n) is 1.22. The van der Waals surface area contributed by atoms with Crippen LogP contribution in [-0.2, 0) is 0 Å².